The molecule has 0 aromatic heterocycles. The molecule has 0 bridgehead atoms. The maximum Gasteiger partial charge on any atom is 0.270 e. The summed E-state index contributed by atoms with van der Waals surface area (Å²) in [5.41, 5.74) is 0.959. The second-order valence-corrected chi connectivity index (χ2v) is 5.70. The van der Waals surface area contributed by atoms with E-state index < -0.39 is 4.92 Å². The lowest BCUT2D eigenvalue weighted by atomic mass is 10.1. The van der Waals surface area contributed by atoms with Crippen molar-refractivity contribution in [2.45, 2.75) is 25.1 Å². The molecule has 6 heteroatoms. The Hall–Kier alpha value is -1.43. The highest BCUT2D eigenvalue weighted by Crippen LogP contribution is 2.16. The molecular formula is C12H15BrN2O3. The molecule has 98 valence electrons. The van der Waals surface area contributed by atoms with E-state index in [0.29, 0.717) is 22.5 Å². The molecule has 0 saturated carbocycles. The molecule has 1 unspecified atom stereocenters. The van der Waals surface area contributed by atoms with Gasteiger partial charge in [0.2, 0.25) is 0 Å². The highest BCUT2D eigenvalue weighted by molar-refractivity contribution is 9.09. The number of carbonyl (C=O) groups is 1. The standard InChI is InChI=1S/C12H15BrN2O3/c1-8-5-10(7-11(6-8)15(17)18)12(16)14-4-3-9(2)13/h5-7,9H,3-4H2,1-2H3,(H,14,16). The molecule has 0 fully saturated rings. The van der Waals surface area contributed by atoms with Crippen LogP contribution in [0.2, 0.25) is 0 Å². The highest BCUT2D eigenvalue weighted by Gasteiger charge is 2.12. The van der Waals surface area contributed by atoms with Gasteiger partial charge >= 0.3 is 0 Å². The van der Waals surface area contributed by atoms with E-state index in [4.69, 9.17) is 0 Å². The fourth-order valence-electron chi connectivity index (χ4n) is 1.49. The van der Waals surface area contributed by atoms with E-state index in [1.54, 1.807) is 13.0 Å². The van der Waals surface area contributed by atoms with E-state index in [0.717, 1.165) is 6.42 Å². The molecule has 1 N–H and O–H groups in total. The van der Waals surface area contributed by atoms with Crippen molar-refractivity contribution in [2.24, 2.45) is 0 Å². The van der Waals surface area contributed by atoms with Crippen molar-refractivity contribution in [1.82, 2.24) is 5.32 Å². The van der Waals surface area contributed by atoms with Crippen molar-refractivity contribution in [3.63, 3.8) is 0 Å². The van der Waals surface area contributed by atoms with E-state index in [2.05, 4.69) is 21.2 Å². The van der Waals surface area contributed by atoms with Gasteiger partial charge in [-0.25, -0.2) is 0 Å². The Balaban J connectivity index is 2.76. The number of nitrogens with zero attached hydrogens (tertiary/aromatic N) is 1. The number of amides is 1. The first-order valence-electron chi connectivity index (χ1n) is 5.58. The van der Waals surface area contributed by atoms with Crippen LogP contribution < -0.4 is 5.32 Å². The van der Waals surface area contributed by atoms with Crippen LogP contribution in [0.5, 0.6) is 0 Å². The maximum atomic E-state index is 11.8. The molecule has 0 heterocycles. The third kappa shape index (κ3) is 4.44. The first-order valence-corrected chi connectivity index (χ1v) is 6.50. The van der Waals surface area contributed by atoms with Gasteiger partial charge in [0.05, 0.1) is 4.92 Å². The molecule has 0 spiro atoms. The Morgan fingerprint density at radius 3 is 2.72 bits per heavy atom. The third-order valence-electron chi connectivity index (χ3n) is 2.36. The van der Waals surface area contributed by atoms with E-state index in [-0.39, 0.29) is 11.6 Å². The largest absolute Gasteiger partial charge is 0.352 e. The van der Waals surface area contributed by atoms with Crippen molar-refractivity contribution >= 4 is 27.5 Å². The normalized spacial score (nSPS) is 11.9. The van der Waals surface area contributed by atoms with Crippen LogP contribution in [0.4, 0.5) is 5.69 Å². The molecule has 0 aliphatic rings. The molecule has 1 atom stereocenters. The number of hydrogen-bond acceptors (Lipinski definition) is 3. The number of non-ortho nitro benzene ring substituents is 1. The summed E-state index contributed by atoms with van der Waals surface area (Å²) in [5, 5.41) is 13.4. The van der Waals surface area contributed by atoms with Crippen LogP contribution in [-0.4, -0.2) is 22.2 Å². The predicted molar refractivity (Wildman–Crippen MR) is 73.2 cm³/mol. The van der Waals surface area contributed by atoms with Crippen LogP contribution in [0.1, 0.15) is 29.3 Å². The first-order chi connectivity index (χ1) is 8.40. The zero-order valence-corrected chi connectivity index (χ0v) is 11.9. The number of carbonyl (C=O) groups excluding carboxylic acids is 1. The minimum atomic E-state index is -0.496. The van der Waals surface area contributed by atoms with Crippen molar-refractivity contribution < 1.29 is 9.72 Å². The van der Waals surface area contributed by atoms with Crippen LogP contribution in [0.3, 0.4) is 0 Å². The number of benzene rings is 1. The Labute approximate surface area is 114 Å². The van der Waals surface area contributed by atoms with Crippen LogP contribution >= 0.6 is 15.9 Å². The average Bonchev–Trinajstić information content (AvgIpc) is 2.27. The number of aryl methyl sites for hydroxylation is 1. The van der Waals surface area contributed by atoms with Crippen molar-refractivity contribution in [1.29, 1.82) is 0 Å². The summed E-state index contributed by atoms with van der Waals surface area (Å²) in [6, 6.07) is 4.37. The van der Waals surface area contributed by atoms with E-state index >= 15 is 0 Å². The summed E-state index contributed by atoms with van der Waals surface area (Å²) in [5.74, 6) is -0.282. The third-order valence-corrected chi connectivity index (χ3v) is 2.82. The van der Waals surface area contributed by atoms with Gasteiger partial charge < -0.3 is 5.32 Å². The summed E-state index contributed by atoms with van der Waals surface area (Å²) in [6.45, 7) is 4.25. The molecule has 1 aromatic rings. The summed E-state index contributed by atoms with van der Waals surface area (Å²) in [7, 11) is 0. The molecule has 1 rings (SSSR count). The molecule has 1 aromatic carbocycles. The molecule has 0 aliphatic heterocycles. The van der Waals surface area contributed by atoms with Gasteiger partial charge in [-0.1, -0.05) is 22.9 Å². The van der Waals surface area contributed by atoms with Gasteiger partial charge in [-0.05, 0) is 25.0 Å². The van der Waals surface area contributed by atoms with Crippen molar-refractivity contribution in [2.75, 3.05) is 6.54 Å². The van der Waals surface area contributed by atoms with Crippen LogP contribution in [0.25, 0.3) is 0 Å². The molecule has 18 heavy (non-hydrogen) atoms. The monoisotopic (exact) mass is 314 g/mol. The van der Waals surface area contributed by atoms with Crippen molar-refractivity contribution in [3.8, 4) is 0 Å². The lowest BCUT2D eigenvalue weighted by Gasteiger charge is -2.07. The average molecular weight is 315 g/mol. The minimum absolute atomic E-state index is 0.0611. The van der Waals surface area contributed by atoms with E-state index in [1.165, 1.54) is 12.1 Å². The summed E-state index contributed by atoms with van der Waals surface area (Å²) < 4.78 is 0. The van der Waals surface area contributed by atoms with Gasteiger partial charge in [0, 0.05) is 29.1 Å². The van der Waals surface area contributed by atoms with Gasteiger partial charge in [-0.2, -0.15) is 0 Å². The van der Waals surface area contributed by atoms with E-state index in [1.807, 2.05) is 6.92 Å². The molecule has 0 saturated heterocycles. The van der Waals surface area contributed by atoms with E-state index in [9.17, 15) is 14.9 Å². The summed E-state index contributed by atoms with van der Waals surface area (Å²) >= 11 is 3.38. The first kappa shape index (κ1) is 14.6. The Bertz CT molecular complexity index is 461. The number of nitro benzene ring substituents is 1. The van der Waals surface area contributed by atoms with Crippen LogP contribution in [0, 0.1) is 17.0 Å². The number of nitro groups is 1. The Morgan fingerprint density at radius 1 is 1.50 bits per heavy atom. The molecule has 5 nitrogen and oxygen atoms in total. The number of alkyl halides is 1. The van der Waals surface area contributed by atoms with Gasteiger partial charge in [0.15, 0.2) is 0 Å². The fraction of sp³-hybridized carbons (Fsp3) is 0.417. The zero-order valence-electron chi connectivity index (χ0n) is 10.3. The number of nitrogens with one attached hydrogen (secondary N) is 1. The minimum Gasteiger partial charge on any atom is -0.352 e. The Kier molecular flexibility index (Phi) is 5.27. The lowest BCUT2D eigenvalue weighted by Crippen LogP contribution is -2.25. The molecule has 0 aliphatic carbocycles. The van der Waals surface area contributed by atoms with Crippen molar-refractivity contribution in [3.05, 3.63) is 39.4 Å². The SMILES string of the molecule is Cc1cc(C(=O)NCCC(C)Br)cc([N+](=O)[O-])c1. The lowest BCUT2D eigenvalue weighted by molar-refractivity contribution is -0.384. The topological polar surface area (TPSA) is 72.2 Å². The van der Waals surface area contributed by atoms with Crippen LogP contribution in [-0.2, 0) is 0 Å². The molecule has 1 amide bonds. The van der Waals surface area contributed by atoms with Gasteiger partial charge in [-0.15, -0.1) is 0 Å². The van der Waals surface area contributed by atoms with Crippen LogP contribution in [0.15, 0.2) is 18.2 Å². The zero-order chi connectivity index (χ0) is 13.7. The fourth-order valence-corrected chi connectivity index (χ4v) is 1.71. The summed E-state index contributed by atoms with van der Waals surface area (Å²) in [4.78, 5) is 22.3. The smallest absolute Gasteiger partial charge is 0.270 e. The van der Waals surface area contributed by atoms with Gasteiger partial charge in [-0.3, -0.25) is 14.9 Å². The van der Waals surface area contributed by atoms with Gasteiger partial charge in [0.25, 0.3) is 11.6 Å². The Morgan fingerprint density at radius 2 is 2.17 bits per heavy atom. The number of halogens is 1. The number of rotatable bonds is 5. The number of hydrogen-bond donors (Lipinski definition) is 1. The van der Waals surface area contributed by atoms with Gasteiger partial charge in [0.1, 0.15) is 0 Å². The molecule has 0 radical (unpaired) electrons. The quantitative estimate of drug-likeness (QED) is 0.516. The highest BCUT2D eigenvalue weighted by atomic mass is 79.9. The molecular weight excluding hydrogens is 300 g/mol. The maximum absolute atomic E-state index is 11.8. The summed E-state index contributed by atoms with van der Waals surface area (Å²) in [6.07, 6.45) is 0.805. The second-order valence-electron chi connectivity index (χ2n) is 4.14. The predicted octanol–water partition coefficient (Wildman–Crippen LogP) is 2.81. The second kappa shape index (κ2) is 6.49.